The summed E-state index contributed by atoms with van der Waals surface area (Å²) in [7, 11) is 4.21. The molecule has 1 aliphatic rings. The monoisotopic (exact) mass is 264 g/mol. The second kappa shape index (κ2) is 6.49. The molecular weight excluding hydrogens is 239 g/mol. The Morgan fingerprint density at radius 1 is 1.37 bits per heavy atom. The highest BCUT2D eigenvalue weighted by molar-refractivity contribution is 5.30. The van der Waals surface area contributed by atoms with Crippen molar-refractivity contribution in [3.63, 3.8) is 0 Å². The minimum atomic E-state index is -0.136. The molecule has 1 aromatic carbocycles. The fourth-order valence-corrected chi connectivity index (χ4v) is 3.36. The summed E-state index contributed by atoms with van der Waals surface area (Å²) in [6, 6.07) is 5.62. The Labute approximate surface area is 116 Å². The molecule has 1 heterocycles. The highest BCUT2D eigenvalue weighted by Gasteiger charge is 2.29. The van der Waals surface area contributed by atoms with Gasteiger partial charge in [0.05, 0.1) is 0 Å². The number of aryl methyl sites for hydroxylation is 1. The zero-order valence-corrected chi connectivity index (χ0v) is 12.2. The molecular formula is C16H25FN2. The Morgan fingerprint density at radius 2 is 2.16 bits per heavy atom. The van der Waals surface area contributed by atoms with Gasteiger partial charge >= 0.3 is 0 Å². The van der Waals surface area contributed by atoms with Crippen LogP contribution >= 0.6 is 0 Å². The molecule has 106 valence electrons. The fraction of sp³-hybridized carbons (Fsp3) is 0.625. The summed E-state index contributed by atoms with van der Waals surface area (Å²) < 4.78 is 13.3. The SMILES string of the molecule is CNCC1CCCCN(C)C1c1ccc(F)cc1C. The molecule has 2 atom stereocenters. The first kappa shape index (κ1) is 14.5. The third kappa shape index (κ3) is 3.34. The summed E-state index contributed by atoms with van der Waals surface area (Å²) in [5, 5.41) is 3.32. The summed E-state index contributed by atoms with van der Waals surface area (Å²) >= 11 is 0. The molecule has 19 heavy (non-hydrogen) atoms. The maximum absolute atomic E-state index is 13.3. The Balaban J connectivity index is 2.34. The van der Waals surface area contributed by atoms with Gasteiger partial charge in [-0.3, -0.25) is 4.90 Å². The first-order valence-electron chi connectivity index (χ1n) is 7.24. The average Bonchev–Trinajstić information content (AvgIpc) is 2.53. The van der Waals surface area contributed by atoms with Gasteiger partial charge in [0.25, 0.3) is 0 Å². The van der Waals surface area contributed by atoms with E-state index in [0.717, 1.165) is 18.7 Å². The average molecular weight is 264 g/mol. The molecule has 0 aliphatic carbocycles. The molecule has 1 aromatic rings. The maximum atomic E-state index is 13.3. The van der Waals surface area contributed by atoms with Crippen LogP contribution in [0.3, 0.4) is 0 Å². The number of rotatable bonds is 3. The topological polar surface area (TPSA) is 15.3 Å². The molecule has 2 rings (SSSR count). The van der Waals surface area contributed by atoms with E-state index in [1.165, 1.54) is 24.8 Å². The third-order valence-corrected chi connectivity index (χ3v) is 4.27. The van der Waals surface area contributed by atoms with Crippen molar-refractivity contribution in [3.8, 4) is 0 Å². The van der Waals surface area contributed by atoms with Crippen molar-refractivity contribution in [2.24, 2.45) is 5.92 Å². The Bertz CT molecular complexity index is 419. The van der Waals surface area contributed by atoms with Crippen LogP contribution in [0.4, 0.5) is 4.39 Å². The van der Waals surface area contributed by atoms with Crippen molar-refractivity contribution in [2.45, 2.75) is 32.2 Å². The van der Waals surface area contributed by atoms with E-state index in [0.29, 0.717) is 12.0 Å². The third-order valence-electron chi connectivity index (χ3n) is 4.27. The summed E-state index contributed by atoms with van der Waals surface area (Å²) in [5.41, 5.74) is 2.35. The molecule has 0 radical (unpaired) electrons. The minimum Gasteiger partial charge on any atom is -0.319 e. The highest BCUT2D eigenvalue weighted by Crippen LogP contribution is 2.35. The number of hydrogen-bond donors (Lipinski definition) is 1. The van der Waals surface area contributed by atoms with E-state index in [1.807, 2.05) is 20.0 Å². The number of benzene rings is 1. The van der Waals surface area contributed by atoms with Crippen molar-refractivity contribution < 1.29 is 4.39 Å². The summed E-state index contributed by atoms with van der Waals surface area (Å²) in [5.74, 6) is 0.462. The zero-order chi connectivity index (χ0) is 13.8. The maximum Gasteiger partial charge on any atom is 0.123 e. The molecule has 0 spiro atoms. The molecule has 2 unspecified atom stereocenters. The second-order valence-electron chi connectivity index (χ2n) is 5.74. The lowest BCUT2D eigenvalue weighted by Crippen LogP contribution is -2.34. The van der Waals surface area contributed by atoms with Crippen LogP contribution in [0.25, 0.3) is 0 Å². The predicted octanol–water partition coefficient (Wildman–Crippen LogP) is 3.13. The Hall–Kier alpha value is -0.930. The van der Waals surface area contributed by atoms with Crippen LogP contribution in [0.5, 0.6) is 0 Å². The lowest BCUT2D eigenvalue weighted by Gasteiger charge is -2.33. The normalized spacial score (nSPS) is 25.3. The number of nitrogens with one attached hydrogen (secondary N) is 1. The first-order valence-corrected chi connectivity index (χ1v) is 7.24. The van der Waals surface area contributed by atoms with Crippen LogP contribution in [0, 0.1) is 18.7 Å². The van der Waals surface area contributed by atoms with E-state index in [1.54, 1.807) is 12.1 Å². The molecule has 1 aliphatic heterocycles. The van der Waals surface area contributed by atoms with E-state index >= 15 is 0 Å². The molecule has 1 N–H and O–H groups in total. The van der Waals surface area contributed by atoms with Crippen molar-refractivity contribution in [3.05, 3.63) is 35.1 Å². The molecule has 1 saturated heterocycles. The largest absolute Gasteiger partial charge is 0.319 e. The summed E-state index contributed by atoms with van der Waals surface area (Å²) in [6.07, 6.45) is 3.79. The Morgan fingerprint density at radius 3 is 2.84 bits per heavy atom. The summed E-state index contributed by atoms with van der Waals surface area (Å²) in [4.78, 5) is 2.44. The zero-order valence-electron chi connectivity index (χ0n) is 12.2. The molecule has 1 fully saturated rings. The van der Waals surface area contributed by atoms with Gasteiger partial charge in [-0.15, -0.1) is 0 Å². The molecule has 3 heteroatoms. The van der Waals surface area contributed by atoms with Gasteiger partial charge in [-0.05, 0) is 76.1 Å². The number of halogens is 1. The number of hydrogen-bond acceptors (Lipinski definition) is 2. The molecule has 0 aromatic heterocycles. The summed E-state index contributed by atoms with van der Waals surface area (Å²) in [6.45, 7) is 4.17. The predicted molar refractivity (Wildman–Crippen MR) is 77.8 cm³/mol. The number of likely N-dealkylation sites (tertiary alicyclic amines) is 1. The minimum absolute atomic E-state index is 0.136. The van der Waals surface area contributed by atoms with Gasteiger partial charge in [0.15, 0.2) is 0 Å². The second-order valence-corrected chi connectivity index (χ2v) is 5.74. The van der Waals surface area contributed by atoms with Gasteiger partial charge in [0.1, 0.15) is 5.82 Å². The molecule has 0 amide bonds. The highest BCUT2D eigenvalue weighted by atomic mass is 19.1. The van der Waals surface area contributed by atoms with E-state index in [4.69, 9.17) is 0 Å². The molecule has 0 bridgehead atoms. The quantitative estimate of drug-likeness (QED) is 0.902. The van der Waals surface area contributed by atoms with E-state index in [2.05, 4.69) is 17.3 Å². The van der Waals surface area contributed by atoms with Crippen LogP contribution in [0.1, 0.15) is 36.4 Å². The van der Waals surface area contributed by atoms with Gasteiger partial charge in [0, 0.05) is 6.04 Å². The van der Waals surface area contributed by atoms with Crippen LogP contribution in [0.15, 0.2) is 18.2 Å². The fourth-order valence-electron chi connectivity index (χ4n) is 3.36. The standard InChI is InChI=1S/C16H25FN2/c1-12-10-14(17)7-8-15(12)16-13(11-18-2)6-4-5-9-19(16)3/h7-8,10,13,16,18H,4-6,9,11H2,1-3H3. The van der Waals surface area contributed by atoms with Crippen LogP contribution in [-0.4, -0.2) is 32.1 Å². The van der Waals surface area contributed by atoms with E-state index < -0.39 is 0 Å². The van der Waals surface area contributed by atoms with Crippen molar-refractivity contribution in [1.29, 1.82) is 0 Å². The molecule has 0 saturated carbocycles. The van der Waals surface area contributed by atoms with E-state index in [-0.39, 0.29) is 5.82 Å². The van der Waals surface area contributed by atoms with Gasteiger partial charge in [-0.1, -0.05) is 12.5 Å². The smallest absolute Gasteiger partial charge is 0.123 e. The first-order chi connectivity index (χ1) is 9.13. The lowest BCUT2D eigenvalue weighted by molar-refractivity contribution is 0.190. The van der Waals surface area contributed by atoms with Crippen molar-refractivity contribution in [2.75, 3.05) is 27.2 Å². The van der Waals surface area contributed by atoms with Gasteiger partial charge in [-0.2, -0.15) is 0 Å². The van der Waals surface area contributed by atoms with Crippen molar-refractivity contribution in [1.82, 2.24) is 10.2 Å². The van der Waals surface area contributed by atoms with E-state index in [9.17, 15) is 4.39 Å². The number of nitrogens with zero attached hydrogens (tertiary/aromatic N) is 1. The Kier molecular flexibility index (Phi) is 4.94. The van der Waals surface area contributed by atoms with Crippen LogP contribution < -0.4 is 5.32 Å². The lowest BCUT2D eigenvalue weighted by atomic mass is 9.87. The van der Waals surface area contributed by atoms with Gasteiger partial charge in [-0.25, -0.2) is 4.39 Å². The van der Waals surface area contributed by atoms with Gasteiger partial charge in [0.2, 0.25) is 0 Å². The molecule has 2 nitrogen and oxygen atoms in total. The van der Waals surface area contributed by atoms with Crippen LogP contribution in [-0.2, 0) is 0 Å². The van der Waals surface area contributed by atoms with Gasteiger partial charge < -0.3 is 5.32 Å². The van der Waals surface area contributed by atoms with Crippen LogP contribution in [0.2, 0.25) is 0 Å². The van der Waals surface area contributed by atoms with Crippen molar-refractivity contribution >= 4 is 0 Å².